The van der Waals surface area contributed by atoms with Crippen LogP contribution >= 0.6 is 11.8 Å². The van der Waals surface area contributed by atoms with Gasteiger partial charge in [0.1, 0.15) is 16.6 Å². The van der Waals surface area contributed by atoms with Gasteiger partial charge in [-0.25, -0.2) is 9.97 Å². The average Bonchev–Trinajstić information content (AvgIpc) is 3.07. The zero-order chi connectivity index (χ0) is 22.2. The number of thioether (sulfide) groups is 1. The number of nitrogens with two attached hydrogens (primary N) is 2. The van der Waals surface area contributed by atoms with E-state index in [0.717, 1.165) is 32.1 Å². The molecule has 8 nitrogen and oxygen atoms in total. The Bertz CT molecular complexity index is 979. The Labute approximate surface area is 181 Å². The maximum absolute atomic E-state index is 13.2. The van der Waals surface area contributed by atoms with Crippen LogP contribution in [0.3, 0.4) is 0 Å². The number of aromatic nitrogens is 3. The molecule has 1 unspecified atom stereocenters. The molecular weight excluding hydrogens is 431 g/mol. The second-order valence-corrected chi connectivity index (χ2v) is 8.76. The molecule has 0 amide bonds. The van der Waals surface area contributed by atoms with Crippen LogP contribution in [0.1, 0.15) is 24.2 Å². The van der Waals surface area contributed by atoms with Crippen LogP contribution < -0.4 is 16.4 Å². The van der Waals surface area contributed by atoms with Crippen molar-refractivity contribution in [2.75, 3.05) is 36.9 Å². The number of nitrogen functional groups attached to an aromatic ring is 1. The van der Waals surface area contributed by atoms with Crippen molar-refractivity contribution in [2.24, 2.45) is 11.1 Å². The standard InChI is InChI=1S/C19H22F3N7OS/c20-19(21,22)15-11(2-1-5-26-15)31-17(25)14-16(24)28-13(8-27-14)29-6-3-18(4-7-29)10-30-9-12(18)23/h1-2,5,8,12,25H,3-4,6-7,9-10,23H2,(H2,24,28). The fourth-order valence-electron chi connectivity index (χ4n) is 3.93. The maximum atomic E-state index is 13.2. The lowest BCUT2D eigenvalue weighted by Crippen LogP contribution is -2.49. The summed E-state index contributed by atoms with van der Waals surface area (Å²) in [6, 6.07) is 2.67. The van der Waals surface area contributed by atoms with E-state index in [4.69, 9.17) is 21.6 Å². The molecule has 166 valence electrons. The van der Waals surface area contributed by atoms with Crippen molar-refractivity contribution in [3.63, 3.8) is 0 Å². The predicted molar refractivity (Wildman–Crippen MR) is 111 cm³/mol. The maximum Gasteiger partial charge on any atom is 0.434 e. The van der Waals surface area contributed by atoms with E-state index >= 15 is 0 Å². The molecule has 31 heavy (non-hydrogen) atoms. The van der Waals surface area contributed by atoms with Gasteiger partial charge in [0, 0.05) is 35.6 Å². The normalized spacial score (nSPS) is 20.9. The summed E-state index contributed by atoms with van der Waals surface area (Å²) in [6.07, 6.45) is -0.331. The van der Waals surface area contributed by atoms with Gasteiger partial charge in [-0.2, -0.15) is 13.2 Å². The first kappa shape index (κ1) is 21.8. The zero-order valence-electron chi connectivity index (χ0n) is 16.5. The van der Waals surface area contributed by atoms with Crippen molar-refractivity contribution in [3.8, 4) is 0 Å². The van der Waals surface area contributed by atoms with Gasteiger partial charge in [0.2, 0.25) is 0 Å². The lowest BCUT2D eigenvalue weighted by Gasteiger charge is -2.41. The minimum atomic E-state index is -4.62. The SMILES string of the molecule is N=C(Sc1cccnc1C(F)(F)F)c1ncc(N2CCC3(CC2)COCC3N)nc1N. The Hall–Kier alpha value is -2.44. The summed E-state index contributed by atoms with van der Waals surface area (Å²) in [5.74, 6) is 0.562. The summed E-state index contributed by atoms with van der Waals surface area (Å²) in [5, 5.41) is 7.96. The Morgan fingerprint density at radius 3 is 2.65 bits per heavy atom. The van der Waals surface area contributed by atoms with Crippen LogP contribution in [-0.4, -0.2) is 52.3 Å². The summed E-state index contributed by atoms with van der Waals surface area (Å²) in [5.41, 5.74) is 11.2. The minimum absolute atomic E-state index is 0.00586. The van der Waals surface area contributed by atoms with E-state index in [2.05, 4.69) is 15.0 Å². The molecule has 2 fully saturated rings. The number of alkyl halides is 3. The van der Waals surface area contributed by atoms with E-state index in [9.17, 15) is 13.2 Å². The monoisotopic (exact) mass is 453 g/mol. The zero-order valence-corrected chi connectivity index (χ0v) is 17.3. The number of anilines is 2. The third-order valence-electron chi connectivity index (χ3n) is 5.81. The topological polar surface area (TPSA) is 127 Å². The van der Waals surface area contributed by atoms with Crippen LogP contribution in [0, 0.1) is 10.8 Å². The summed E-state index contributed by atoms with van der Waals surface area (Å²) in [6.45, 7) is 2.69. The molecule has 2 aromatic heterocycles. The first-order valence-electron chi connectivity index (χ1n) is 9.69. The first-order chi connectivity index (χ1) is 14.7. The van der Waals surface area contributed by atoms with Gasteiger partial charge in [-0.05, 0) is 25.0 Å². The van der Waals surface area contributed by atoms with E-state index in [1.165, 1.54) is 18.3 Å². The largest absolute Gasteiger partial charge is 0.434 e. The number of ether oxygens (including phenoxy) is 1. The number of hydrogen-bond donors (Lipinski definition) is 3. The molecular formula is C19H22F3N7OS. The lowest BCUT2D eigenvalue weighted by molar-refractivity contribution is -0.143. The van der Waals surface area contributed by atoms with Gasteiger partial charge >= 0.3 is 6.18 Å². The molecule has 12 heteroatoms. The van der Waals surface area contributed by atoms with Gasteiger partial charge < -0.3 is 21.1 Å². The van der Waals surface area contributed by atoms with Gasteiger partial charge in [-0.1, -0.05) is 11.8 Å². The van der Waals surface area contributed by atoms with Gasteiger partial charge in [0.05, 0.1) is 19.4 Å². The average molecular weight is 453 g/mol. The van der Waals surface area contributed by atoms with Crippen LogP contribution in [0.15, 0.2) is 29.4 Å². The fraction of sp³-hybridized carbons (Fsp3) is 0.474. The van der Waals surface area contributed by atoms with Gasteiger partial charge in [-0.3, -0.25) is 10.4 Å². The lowest BCUT2D eigenvalue weighted by atomic mass is 9.75. The van der Waals surface area contributed by atoms with E-state index in [1.54, 1.807) is 0 Å². The Morgan fingerprint density at radius 2 is 2.03 bits per heavy atom. The third-order valence-corrected chi connectivity index (χ3v) is 6.76. The third kappa shape index (κ3) is 4.32. The molecule has 2 aliphatic heterocycles. The second-order valence-electron chi connectivity index (χ2n) is 7.71. The quantitative estimate of drug-likeness (QED) is 0.368. The second kappa shape index (κ2) is 8.24. The Kier molecular flexibility index (Phi) is 5.79. The molecule has 0 radical (unpaired) electrons. The van der Waals surface area contributed by atoms with Crippen LogP contribution in [0.2, 0.25) is 0 Å². The van der Waals surface area contributed by atoms with Crippen LogP contribution in [-0.2, 0) is 10.9 Å². The van der Waals surface area contributed by atoms with E-state index < -0.39 is 11.9 Å². The molecule has 0 saturated carbocycles. The van der Waals surface area contributed by atoms with E-state index in [0.29, 0.717) is 30.8 Å². The highest BCUT2D eigenvalue weighted by Gasteiger charge is 2.44. The van der Waals surface area contributed by atoms with Crippen molar-refractivity contribution < 1.29 is 17.9 Å². The highest BCUT2D eigenvalue weighted by atomic mass is 32.2. The molecule has 2 aromatic rings. The van der Waals surface area contributed by atoms with Crippen molar-refractivity contribution in [1.29, 1.82) is 5.41 Å². The predicted octanol–water partition coefficient (Wildman–Crippen LogP) is 2.53. The van der Waals surface area contributed by atoms with Crippen LogP contribution in [0.5, 0.6) is 0 Å². The van der Waals surface area contributed by atoms with Crippen molar-refractivity contribution >= 4 is 28.4 Å². The molecule has 0 bridgehead atoms. The van der Waals surface area contributed by atoms with Gasteiger partial charge in [0.25, 0.3) is 0 Å². The molecule has 5 N–H and O–H groups in total. The number of piperidine rings is 1. The minimum Gasteiger partial charge on any atom is -0.382 e. The highest BCUT2D eigenvalue weighted by molar-refractivity contribution is 8.14. The molecule has 2 saturated heterocycles. The summed E-state index contributed by atoms with van der Waals surface area (Å²) >= 11 is 0.596. The molecule has 2 aliphatic rings. The number of rotatable bonds is 3. The van der Waals surface area contributed by atoms with Crippen LogP contribution in [0.25, 0.3) is 0 Å². The van der Waals surface area contributed by atoms with E-state index in [1.807, 2.05) is 4.90 Å². The number of pyridine rings is 1. The summed E-state index contributed by atoms with van der Waals surface area (Å²) in [4.78, 5) is 13.8. The molecule has 4 rings (SSSR count). The van der Waals surface area contributed by atoms with Crippen molar-refractivity contribution in [1.82, 2.24) is 15.0 Å². The Balaban J connectivity index is 1.47. The van der Waals surface area contributed by atoms with Gasteiger partial charge in [0.15, 0.2) is 11.5 Å². The molecule has 4 heterocycles. The van der Waals surface area contributed by atoms with E-state index in [-0.39, 0.29) is 32.9 Å². The molecule has 0 aliphatic carbocycles. The first-order valence-corrected chi connectivity index (χ1v) is 10.5. The van der Waals surface area contributed by atoms with Crippen molar-refractivity contribution in [2.45, 2.75) is 30.0 Å². The van der Waals surface area contributed by atoms with Crippen molar-refractivity contribution in [3.05, 3.63) is 35.9 Å². The molecule has 1 spiro atoms. The number of nitrogens with one attached hydrogen (secondary N) is 1. The van der Waals surface area contributed by atoms with Crippen LogP contribution in [0.4, 0.5) is 24.8 Å². The molecule has 0 aromatic carbocycles. The fourth-order valence-corrected chi connectivity index (χ4v) is 4.82. The smallest absolute Gasteiger partial charge is 0.382 e. The number of hydrogen-bond acceptors (Lipinski definition) is 9. The number of nitrogens with zero attached hydrogens (tertiary/aromatic N) is 4. The Morgan fingerprint density at radius 1 is 1.29 bits per heavy atom. The molecule has 1 atom stereocenters. The summed E-state index contributed by atoms with van der Waals surface area (Å²) < 4.78 is 45.0. The summed E-state index contributed by atoms with van der Waals surface area (Å²) in [7, 11) is 0. The van der Waals surface area contributed by atoms with Gasteiger partial charge in [-0.15, -0.1) is 0 Å². The number of halogens is 3. The highest BCUT2D eigenvalue weighted by Crippen LogP contribution is 2.40.